The van der Waals surface area contributed by atoms with Crippen molar-refractivity contribution in [2.45, 2.75) is 105 Å². The quantitative estimate of drug-likeness (QED) is 0.133. The van der Waals surface area contributed by atoms with Gasteiger partial charge in [-0.05, 0) is 195 Å². The molecule has 0 amide bonds. The fraction of sp³-hybridized carbons (Fsp3) is 0.315. The molecule has 3 fully saturated rings. The Balaban J connectivity index is 0.000000108. The number of benzene rings is 3. The van der Waals surface area contributed by atoms with Gasteiger partial charge in [0.2, 0.25) is 0 Å². The smallest absolute Gasteiger partial charge is 0.258 e. The molecule has 3 saturated heterocycles. The molecule has 27 nitrogen and oxygen atoms in total. The lowest BCUT2D eigenvalue weighted by Crippen LogP contribution is -2.44. The third kappa shape index (κ3) is 16.1. The van der Waals surface area contributed by atoms with Crippen molar-refractivity contribution in [1.29, 1.82) is 0 Å². The third-order valence-corrected chi connectivity index (χ3v) is 23.9. The Morgan fingerprint density at radius 2 is 1.03 bits per heavy atom. The van der Waals surface area contributed by atoms with Gasteiger partial charge in [0.1, 0.15) is 28.0 Å². The molecule has 3 aromatic carbocycles. The molecule has 0 unspecified atom stereocenters. The van der Waals surface area contributed by atoms with Crippen LogP contribution < -0.4 is 32.5 Å². The van der Waals surface area contributed by atoms with Gasteiger partial charge in [0.25, 0.3) is 22.2 Å². The number of hydrogen-bond acceptors (Lipinski definition) is 23. The average Bonchev–Trinajstić information content (AvgIpc) is 1.77. The Kier molecular flexibility index (Phi) is 20.9. The Morgan fingerprint density at radius 1 is 0.487 bits per heavy atom. The highest BCUT2D eigenvalue weighted by Gasteiger charge is 2.28. The highest BCUT2D eigenvalue weighted by atomic mass is 32.1. The van der Waals surface area contributed by atoms with Crippen molar-refractivity contribution >= 4 is 88.7 Å². The predicted molar refractivity (Wildman–Crippen MR) is 457 cm³/mol. The molecule has 5 aliphatic heterocycles. The fourth-order valence-corrected chi connectivity index (χ4v) is 17.4. The van der Waals surface area contributed by atoms with Crippen LogP contribution in [0.4, 0.5) is 5.69 Å². The van der Waals surface area contributed by atoms with Gasteiger partial charge < -0.3 is 28.9 Å². The first-order chi connectivity index (χ1) is 56.9. The third-order valence-electron chi connectivity index (χ3n) is 22.9. The molecule has 21 rings (SSSR count). The Hall–Kier alpha value is -12.5. The van der Waals surface area contributed by atoms with E-state index in [1.54, 1.807) is 78.0 Å². The van der Waals surface area contributed by atoms with Gasteiger partial charge in [-0.25, -0.2) is 39.4 Å². The van der Waals surface area contributed by atoms with Gasteiger partial charge in [-0.15, -0.1) is 11.3 Å². The first-order valence-corrected chi connectivity index (χ1v) is 41.0. The van der Waals surface area contributed by atoms with Crippen molar-refractivity contribution < 1.29 is 8.83 Å². The largest absolute Gasteiger partial charge is 0.441 e. The van der Waals surface area contributed by atoms with Crippen LogP contribution in [-0.2, 0) is 0 Å². The number of thiazole rings is 1. The minimum absolute atomic E-state index is 0.0358. The van der Waals surface area contributed by atoms with Crippen LogP contribution >= 0.6 is 11.3 Å². The van der Waals surface area contributed by atoms with Crippen LogP contribution in [0.15, 0.2) is 193 Å². The summed E-state index contributed by atoms with van der Waals surface area (Å²) in [5.74, 6) is 1.73. The summed E-state index contributed by atoms with van der Waals surface area (Å²) in [7, 11) is 2.09. The zero-order valence-electron chi connectivity index (χ0n) is 66.5. The van der Waals surface area contributed by atoms with E-state index in [4.69, 9.17) is 18.8 Å². The monoisotopic (exact) mass is 1580 g/mol. The Labute approximate surface area is 676 Å². The highest BCUT2D eigenvalue weighted by Crippen LogP contribution is 2.33. The van der Waals surface area contributed by atoms with Crippen molar-refractivity contribution in [2.75, 3.05) is 83.9 Å². The van der Waals surface area contributed by atoms with Crippen LogP contribution in [-0.4, -0.2) is 177 Å². The molecule has 117 heavy (non-hydrogen) atoms. The number of piperidine rings is 2. The molecule has 16 aromatic rings. The van der Waals surface area contributed by atoms with Gasteiger partial charge in [-0.1, -0.05) is 43.3 Å². The summed E-state index contributed by atoms with van der Waals surface area (Å²) >= 11 is 1.66. The highest BCUT2D eigenvalue weighted by molar-refractivity contribution is 7.18. The summed E-state index contributed by atoms with van der Waals surface area (Å²) in [6, 6.07) is 34.4. The number of rotatable bonds is 10. The standard InChI is InChI=1S/C25H29N7O.C22H21N5O2.C21H19N5O2.C21H20N4OS/c1-17-15-32-23(18(2)26-17)13-22(28-32)21-14-25(33)31-16-20(5-6-24(31)27-21)30-11-7-19(8-12-30)29-9-3-4-10-29;1-3-26-8-6-15(7-9-26)19-13-27-21(12-23-19)25-18(11-22(27)28)16-4-5-17-20(10-16)29-14(2)24-17;1-13-23-16-4-3-15(9-19(16)28-13)17-10-21(27)26-12-18(22-11-20(26)24-17)14-5-7-25(2)8-6-14;1-13-23-17-4-2-15(10-19(17)27-13)18-11-21(26)25-12-16(3-5-20(25)24-18)14-6-8-22-9-7-14/h5-6,13-16,19H,3-4,7-12H2,1-2H3;4-6,10-13H,3,7-9H2,1-2H3;3-5,9-12H,6-8H2,1-2H3;2-5,10-12,14,22H,6-9H2,1H3. The summed E-state index contributed by atoms with van der Waals surface area (Å²) in [5, 5.41) is 9.07. The Bertz CT molecular complexity index is 6850. The molecule has 0 atom stereocenters. The molecule has 1 N–H and O–H groups in total. The number of aryl methyl sites for hydroxylation is 5. The van der Waals surface area contributed by atoms with E-state index in [1.807, 2.05) is 124 Å². The second-order valence-electron chi connectivity index (χ2n) is 30.9. The maximum Gasteiger partial charge on any atom is 0.258 e. The van der Waals surface area contributed by atoms with Crippen molar-refractivity contribution in [3.8, 4) is 45.2 Å². The molecule has 0 radical (unpaired) electrons. The van der Waals surface area contributed by atoms with Crippen molar-refractivity contribution in [2.24, 2.45) is 0 Å². The number of nitrogens with zero attached hydrogens (tertiary/aromatic N) is 20. The van der Waals surface area contributed by atoms with E-state index in [-0.39, 0.29) is 22.2 Å². The zero-order chi connectivity index (χ0) is 80.1. The van der Waals surface area contributed by atoms with Gasteiger partial charge in [-0.2, -0.15) is 5.10 Å². The minimum Gasteiger partial charge on any atom is -0.441 e. The van der Waals surface area contributed by atoms with Crippen molar-refractivity contribution in [1.82, 2.24) is 97.1 Å². The number of pyridine rings is 2. The molecule has 0 aliphatic carbocycles. The summed E-state index contributed by atoms with van der Waals surface area (Å²) in [5.41, 5.74) is 20.7. The molecule has 28 heteroatoms. The van der Waals surface area contributed by atoms with E-state index >= 15 is 0 Å². The molecule has 592 valence electrons. The molecular weight excluding hydrogens is 1490 g/mol. The number of nitrogens with one attached hydrogen (secondary N) is 1. The number of aromatic nitrogens is 16. The van der Waals surface area contributed by atoms with E-state index in [0.29, 0.717) is 86.0 Å². The summed E-state index contributed by atoms with van der Waals surface area (Å²) in [6.45, 7) is 23.2. The summed E-state index contributed by atoms with van der Waals surface area (Å²) in [4.78, 5) is 107. The van der Waals surface area contributed by atoms with Crippen LogP contribution in [0.25, 0.3) is 117 Å². The number of hydrogen-bond donors (Lipinski definition) is 1. The molecule has 0 spiro atoms. The van der Waals surface area contributed by atoms with Crippen LogP contribution in [0.1, 0.15) is 109 Å². The second kappa shape index (κ2) is 32.3. The van der Waals surface area contributed by atoms with Gasteiger partial charge in [0.15, 0.2) is 34.2 Å². The SMILES string of the molecule is CCN1CC=C(c2cn3c(=O)cc(-c4ccc5nc(C)oc5c4)nc3cn2)CC1.Cc1cn2nc(-c3cc(=O)n4cc(N5CCC(N6CCCC6)CC5)ccc4n3)cc2c(C)n1.Cc1nc2ccc(-c3cc(=O)n4cc(C5=CCN(C)CC5)ncc4n3)cc2o1.Cc1nc2ccc(-c3cc(=O)n4cc(C5CCNCC5)ccc4n3)cc2s1. The zero-order valence-corrected chi connectivity index (χ0v) is 67.3. The van der Waals surface area contributed by atoms with E-state index in [2.05, 4.69) is 114 Å². The lowest BCUT2D eigenvalue weighted by Gasteiger charge is -2.37. The fourth-order valence-electron chi connectivity index (χ4n) is 16.6. The topological polar surface area (TPSA) is 283 Å². The maximum atomic E-state index is 13.0. The predicted octanol–water partition coefficient (Wildman–Crippen LogP) is 13.1. The van der Waals surface area contributed by atoms with Crippen LogP contribution in [0.2, 0.25) is 0 Å². The Morgan fingerprint density at radius 3 is 1.62 bits per heavy atom. The molecule has 5 aliphatic rings. The van der Waals surface area contributed by atoms with E-state index in [0.717, 1.165) is 162 Å². The number of fused-ring (bicyclic) bond motifs is 8. The van der Waals surface area contributed by atoms with Gasteiger partial charge in [0, 0.05) is 125 Å². The molecule has 18 heterocycles. The first kappa shape index (κ1) is 75.9. The number of likely N-dealkylation sites (N-methyl/N-ethyl adjacent to an activating group) is 2. The van der Waals surface area contributed by atoms with E-state index in [1.165, 1.54) is 55.5 Å². The van der Waals surface area contributed by atoms with Crippen LogP contribution in [0.5, 0.6) is 0 Å². The lowest BCUT2D eigenvalue weighted by atomic mass is 9.91. The van der Waals surface area contributed by atoms with Crippen LogP contribution in [0, 0.1) is 34.6 Å². The maximum absolute atomic E-state index is 13.0. The molecular formula is C89H89N21O6S. The lowest BCUT2D eigenvalue weighted by molar-refractivity contribution is 0.208. The molecule has 0 bridgehead atoms. The van der Waals surface area contributed by atoms with E-state index < -0.39 is 0 Å². The average molecular weight is 1580 g/mol. The number of likely N-dealkylation sites (tertiary alicyclic amines) is 1. The molecule has 13 aromatic heterocycles. The minimum atomic E-state index is -0.133. The van der Waals surface area contributed by atoms with Gasteiger partial charge in [-0.3, -0.25) is 56.6 Å². The second-order valence-corrected chi connectivity index (χ2v) is 32.1. The normalized spacial score (nSPS) is 16.1. The first-order valence-electron chi connectivity index (χ1n) is 40.2. The van der Waals surface area contributed by atoms with Gasteiger partial charge >= 0.3 is 0 Å². The summed E-state index contributed by atoms with van der Waals surface area (Å²) < 4.78 is 20.6. The number of anilines is 1. The summed E-state index contributed by atoms with van der Waals surface area (Å²) in [6.07, 6.45) is 26.2. The van der Waals surface area contributed by atoms with Crippen molar-refractivity contribution in [3.05, 3.63) is 251 Å². The van der Waals surface area contributed by atoms with Gasteiger partial charge in [0.05, 0.1) is 90.6 Å². The van der Waals surface area contributed by atoms with Crippen LogP contribution in [0.3, 0.4) is 0 Å². The van der Waals surface area contributed by atoms with Crippen molar-refractivity contribution in [3.63, 3.8) is 0 Å². The number of oxazole rings is 2. The van der Waals surface area contributed by atoms with E-state index in [9.17, 15) is 19.2 Å². The molecule has 0 saturated carbocycles.